The first-order chi connectivity index (χ1) is 10.6. The van der Waals surface area contributed by atoms with Crippen LogP contribution in [0.3, 0.4) is 0 Å². The number of methoxy groups -OCH3 is 1. The van der Waals surface area contributed by atoms with E-state index in [0.29, 0.717) is 18.7 Å². The molecule has 0 saturated carbocycles. The molecule has 1 aromatic rings. The molecule has 5 heteroatoms. The lowest BCUT2D eigenvalue weighted by atomic mass is 9.83. The first-order valence-corrected chi connectivity index (χ1v) is 7.83. The number of piperidine rings is 1. The minimum atomic E-state index is -0.377. The maximum absolute atomic E-state index is 13.3. The average molecular weight is 307 g/mol. The molecule has 0 radical (unpaired) electrons. The SMILES string of the molecule is COC1CCOC2(CCN(C(=O)c3cccc(F)c3)CC2)C1. The van der Waals surface area contributed by atoms with Crippen LogP contribution in [0.25, 0.3) is 0 Å². The fraction of sp³-hybridized carbons (Fsp3) is 0.588. The predicted molar refractivity (Wildman–Crippen MR) is 80.3 cm³/mol. The van der Waals surface area contributed by atoms with Crippen molar-refractivity contribution < 1.29 is 18.7 Å². The van der Waals surface area contributed by atoms with Crippen LogP contribution in [0.5, 0.6) is 0 Å². The molecule has 2 heterocycles. The fourth-order valence-corrected chi connectivity index (χ4v) is 3.45. The smallest absolute Gasteiger partial charge is 0.253 e. The van der Waals surface area contributed by atoms with Crippen LogP contribution in [0.15, 0.2) is 24.3 Å². The molecular formula is C17H22FNO3. The van der Waals surface area contributed by atoms with E-state index in [0.717, 1.165) is 32.3 Å². The van der Waals surface area contributed by atoms with Crippen molar-refractivity contribution in [2.75, 3.05) is 26.8 Å². The van der Waals surface area contributed by atoms with Crippen molar-refractivity contribution in [2.24, 2.45) is 0 Å². The Labute approximate surface area is 130 Å². The number of benzene rings is 1. The Balaban J connectivity index is 1.63. The molecule has 4 nitrogen and oxygen atoms in total. The molecule has 1 amide bonds. The topological polar surface area (TPSA) is 38.8 Å². The van der Waals surface area contributed by atoms with Gasteiger partial charge in [-0.05, 0) is 37.5 Å². The molecule has 0 N–H and O–H groups in total. The van der Waals surface area contributed by atoms with E-state index in [9.17, 15) is 9.18 Å². The highest BCUT2D eigenvalue weighted by Gasteiger charge is 2.41. The van der Waals surface area contributed by atoms with Gasteiger partial charge >= 0.3 is 0 Å². The molecule has 0 aliphatic carbocycles. The van der Waals surface area contributed by atoms with Crippen LogP contribution in [-0.2, 0) is 9.47 Å². The summed E-state index contributed by atoms with van der Waals surface area (Å²) in [6.07, 6.45) is 3.71. The molecule has 1 spiro atoms. The minimum absolute atomic E-state index is 0.103. The second-order valence-corrected chi connectivity index (χ2v) is 6.18. The van der Waals surface area contributed by atoms with Gasteiger partial charge in [0.1, 0.15) is 5.82 Å². The molecule has 2 fully saturated rings. The Morgan fingerprint density at radius 3 is 2.86 bits per heavy atom. The summed E-state index contributed by atoms with van der Waals surface area (Å²) in [5.41, 5.74) is 0.257. The lowest BCUT2D eigenvalue weighted by Gasteiger charge is -2.45. The number of amides is 1. The van der Waals surface area contributed by atoms with Crippen molar-refractivity contribution >= 4 is 5.91 Å². The third-order valence-corrected chi connectivity index (χ3v) is 4.81. The number of carbonyl (C=O) groups is 1. The molecule has 22 heavy (non-hydrogen) atoms. The van der Waals surface area contributed by atoms with E-state index >= 15 is 0 Å². The third-order valence-electron chi connectivity index (χ3n) is 4.81. The van der Waals surface area contributed by atoms with E-state index in [1.54, 1.807) is 24.1 Å². The van der Waals surface area contributed by atoms with E-state index in [-0.39, 0.29) is 23.4 Å². The summed E-state index contributed by atoms with van der Waals surface area (Å²) in [4.78, 5) is 14.2. The molecule has 0 aromatic heterocycles. The number of halogens is 1. The first kappa shape index (κ1) is 15.4. The number of hydrogen-bond donors (Lipinski definition) is 0. The molecule has 0 bridgehead atoms. The Morgan fingerprint density at radius 1 is 1.41 bits per heavy atom. The zero-order valence-corrected chi connectivity index (χ0v) is 12.9. The zero-order valence-electron chi connectivity index (χ0n) is 12.9. The lowest BCUT2D eigenvalue weighted by Crippen LogP contribution is -2.51. The number of likely N-dealkylation sites (tertiary alicyclic amines) is 1. The van der Waals surface area contributed by atoms with Gasteiger partial charge in [-0.3, -0.25) is 4.79 Å². The van der Waals surface area contributed by atoms with Crippen molar-refractivity contribution in [3.63, 3.8) is 0 Å². The van der Waals surface area contributed by atoms with Gasteiger partial charge in [0.05, 0.1) is 11.7 Å². The first-order valence-electron chi connectivity index (χ1n) is 7.83. The van der Waals surface area contributed by atoms with Crippen molar-refractivity contribution in [3.05, 3.63) is 35.6 Å². The van der Waals surface area contributed by atoms with Crippen LogP contribution >= 0.6 is 0 Å². The molecule has 2 saturated heterocycles. The number of carbonyl (C=O) groups excluding carboxylic acids is 1. The Bertz CT molecular complexity index is 540. The highest BCUT2D eigenvalue weighted by atomic mass is 19.1. The van der Waals surface area contributed by atoms with Crippen molar-refractivity contribution in [1.29, 1.82) is 0 Å². The summed E-state index contributed by atoms with van der Waals surface area (Å²) < 4.78 is 24.7. The number of hydrogen-bond acceptors (Lipinski definition) is 3. The minimum Gasteiger partial charge on any atom is -0.381 e. The molecule has 3 rings (SSSR count). The fourth-order valence-electron chi connectivity index (χ4n) is 3.45. The van der Waals surface area contributed by atoms with E-state index in [4.69, 9.17) is 9.47 Å². The Hall–Kier alpha value is -1.46. The van der Waals surface area contributed by atoms with Gasteiger partial charge in [0, 0.05) is 38.8 Å². The normalized spacial score (nSPS) is 24.5. The maximum Gasteiger partial charge on any atom is 0.253 e. The van der Waals surface area contributed by atoms with Gasteiger partial charge in [0.2, 0.25) is 0 Å². The van der Waals surface area contributed by atoms with E-state index in [2.05, 4.69) is 0 Å². The predicted octanol–water partition coefficient (Wildman–Crippen LogP) is 2.63. The van der Waals surface area contributed by atoms with Gasteiger partial charge in [0.15, 0.2) is 0 Å². The summed E-state index contributed by atoms with van der Waals surface area (Å²) in [7, 11) is 1.74. The summed E-state index contributed by atoms with van der Waals surface area (Å²) in [5.74, 6) is -0.480. The lowest BCUT2D eigenvalue weighted by molar-refractivity contribution is -0.146. The standard InChI is InChI=1S/C17H22FNO3/c1-21-15-5-10-22-17(12-15)6-8-19(9-7-17)16(20)13-3-2-4-14(18)11-13/h2-4,11,15H,5-10,12H2,1H3. The number of nitrogens with zero attached hydrogens (tertiary/aromatic N) is 1. The maximum atomic E-state index is 13.3. The highest BCUT2D eigenvalue weighted by molar-refractivity contribution is 5.94. The zero-order chi connectivity index (χ0) is 15.6. The van der Waals surface area contributed by atoms with E-state index in [1.165, 1.54) is 12.1 Å². The summed E-state index contributed by atoms with van der Waals surface area (Å²) >= 11 is 0. The summed E-state index contributed by atoms with van der Waals surface area (Å²) in [6, 6.07) is 5.88. The van der Waals surface area contributed by atoms with Gasteiger partial charge in [-0.2, -0.15) is 0 Å². The van der Waals surface area contributed by atoms with Crippen molar-refractivity contribution in [2.45, 2.75) is 37.4 Å². The molecule has 1 unspecified atom stereocenters. The summed E-state index contributed by atoms with van der Waals surface area (Å²) in [5, 5.41) is 0. The van der Waals surface area contributed by atoms with E-state index < -0.39 is 0 Å². The Kier molecular flexibility index (Phi) is 4.45. The number of ether oxygens (including phenoxy) is 2. The van der Waals surface area contributed by atoms with Crippen LogP contribution in [0.1, 0.15) is 36.0 Å². The van der Waals surface area contributed by atoms with Gasteiger partial charge in [-0.25, -0.2) is 4.39 Å². The molecule has 2 aliphatic rings. The second kappa shape index (κ2) is 6.34. The van der Waals surface area contributed by atoms with Crippen molar-refractivity contribution in [1.82, 2.24) is 4.90 Å². The second-order valence-electron chi connectivity index (χ2n) is 6.18. The van der Waals surface area contributed by atoms with Crippen LogP contribution in [-0.4, -0.2) is 49.3 Å². The molecule has 2 aliphatic heterocycles. The van der Waals surface area contributed by atoms with Gasteiger partial charge in [-0.15, -0.1) is 0 Å². The summed E-state index contributed by atoms with van der Waals surface area (Å²) in [6.45, 7) is 2.01. The molecule has 1 atom stereocenters. The number of rotatable bonds is 2. The highest BCUT2D eigenvalue weighted by Crippen LogP contribution is 2.36. The largest absolute Gasteiger partial charge is 0.381 e. The van der Waals surface area contributed by atoms with Gasteiger partial charge in [0.25, 0.3) is 5.91 Å². The van der Waals surface area contributed by atoms with Gasteiger partial charge in [-0.1, -0.05) is 6.07 Å². The van der Waals surface area contributed by atoms with Crippen LogP contribution in [0, 0.1) is 5.82 Å². The van der Waals surface area contributed by atoms with Crippen molar-refractivity contribution in [3.8, 4) is 0 Å². The molecular weight excluding hydrogens is 285 g/mol. The molecule has 1 aromatic carbocycles. The van der Waals surface area contributed by atoms with Crippen LogP contribution in [0.2, 0.25) is 0 Å². The van der Waals surface area contributed by atoms with Crippen LogP contribution < -0.4 is 0 Å². The quantitative estimate of drug-likeness (QED) is 0.843. The van der Waals surface area contributed by atoms with E-state index in [1.807, 2.05) is 0 Å². The molecule has 120 valence electrons. The third kappa shape index (κ3) is 3.15. The van der Waals surface area contributed by atoms with Gasteiger partial charge < -0.3 is 14.4 Å². The Morgan fingerprint density at radius 2 is 2.18 bits per heavy atom. The monoisotopic (exact) mass is 307 g/mol. The average Bonchev–Trinajstić information content (AvgIpc) is 2.55. The van der Waals surface area contributed by atoms with Crippen LogP contribution in [0.4, 0.5) is 4.39 Å².